The largest absolute Gasteiger partial charge is 0.497 e. The van der Waals surface area contributed by atoms with Crippen molar-refractivity contribution in [3.05, 3.63) is 59.7 Å². The Hall–Kier alpha value is -4.08. The Balaban J connectivity index is 1.98. The van der Waals surface area contributed by atoms with Crippen LogP contribution in [0.25, 0.3) is 0 Å². The van der Waals surface area contributed by atoms with Gasteiger partial charge in [-0.2, -0.15) is 0 Å². The first-order valence-corrected chi connectivity index (χ1v) is 12.5. The summed E-state index contributed by atoms with van der Waals surface area (Å²) in [4.78, 5) is 53.7. The Morgan fingerprint density at radius 1 is 1.05 bits per heavy atom. The zero-order valence-electron chi connectivity index (χ0n) is 22.4. The number of ether oxygens (including phenoxy) is 2. The number of nitrogens with two attached hydrogens (primary N) is 1. The van der Waals surface area contributed by atoms with Crippen LogP contribution in [0.1, 0.15) is 57.2 Å². The summed E-state index contributed by atoms with van der Waals surface area (Å²) in [5.41, 5.74) is 6.59. The van der Waals surface area contributed by atoms with E-state index >= 15 is 0 Å². The van der Waals surface area contributed by atoms with Gasteiger partial charge in [0, 0.05) is 11.7 Å². The van der Waals surface area contributed by atoms with Gasteiger partial charge in [-0.3, -0.25) is 14.4 Å². The summed E-state index contributed by atoms with van der Waals surface area (Å²) in [6, 6.07) is 11.6. The molecule has 10 heteroatoms. The SMILES string of the molecule is COc1ccc(NC(=O)C(c2ccccc2C)N(C(=O)C(CC(N)=O)NC(=O)OC(C)(C)C)C2CC2)cc1. The van der Waals surface area contributed by atoms with Crippen LogP contribution in [-0.2, 0) is 19.1 Å². The maximum atomic E-state index is 14.0. The average Bonchev–Trinajstić information content (AvgIpc) is 3.66. The summed E-state index contributed by atoms with van der Waals surface area (Å²) in [6.45, 7) is 6.92. The van der Waals surface area contributed by atoms with Crippen LogP contribution in [-0.4, -0.2) is 53.5 Å². The van der Waals surface area contributed by atoms with Gasteiger partial charge >= 0.3 is 6.09 Å². The number of carbonyl (C=O) groups excluding carboxylic acids is 4. The van der Waals surface area contributed by atoms with Gasteiger partial charge in [0.05, 0.1) is 13.5 Å². The van der Waals surface area contributed by atoms with Gasteiger partial charge in [-0.15, -0.1) is 0 Å². The Morgan fingerprint density at radius 3 is 2.21 bits per heavy atom. The lowest BCUT2D eigenvalue weighted by atomic mass is 9.97. The summed E-state index contributed by atoms with van der Waals surface area (Å²) in [5.74, 6) is -1.16. The molecule has 2 atom stereocenters. The third-order valence-electron chi connectivity index (χ3n) is 5.96. The van der Waals surface area contributed by atoms with E-state index in [9.17, 15) is 19.2 Å². The minimum absolute atomic E-state index is 0.246. The van der Waals surface area contributed by atoms with E-state index in [1.54, 1.807) is 64.3 Å². The molecule has 0 saturated heterocycles. The van der Waals surface area contributed by atoms with Crippen molar-refractivity contribution in [2.75, 3.05) is 12.4 Å². The normalized spacial score (nSPS) is 14.6. The summed E-state index contributed by atoms with van der Waals surface area (Å²) >= 11 is 0. The molecule has 1 fully saturated rings. The summed E-state index contributed by atoms with van der Waals surface area (Å²) in [6.07, 6.45) is 0.0595. The lowest BCUT2D eigenvalue weighted by Gasteiger charge is -2.35. The molecule has 4 amide bonds. The van der Waals surface area contributed by atoms with Gasteiger partial charge in [-0.05, 0) is 75.9 Å². The van der Waals surface area contributed by atoms with Crippen LogP contribution in [0.4, 0.5) is 10.5 Å². The van der Waals surface area contributed by atoms with Crippen molar-refractivity contribution >= 4 is 29.5 Å². The van der Waals surface area contributed by atoms with E-state index in [-0.39, 0.29) is 6.04 Å². The highest BCUT2D eigenvalue weighted by Gasteiger charge is 2.44. The number of aryl methyl sites for hydroxylation is 1. The van der Waals surface area contributed by atoms with Gasteiger partial charge in [0.2, 0.25) is 11.8 Å². The molecule has 0 bridgehead atoms. The quantitative estimate of drug-likeness (QED) is 0.435. The Morgan fingerprint density at radius 2 is 1.68 bits per heavy atom. The smallest absolute Gasteiger partial charge is 0.408 e. The minimum Gasteiger partial charge on any atom is -0.497 e. The first-order chi connectivity index (χ1) is 17.9. The van der Waals surface area contributed by atoms with Crippen LogP contribution in [0, 0.1) is 6.92 Å². The number of methoxy groups -OCH3 is 1. The van der Waals surface area contributed by atoms with Gasteiger partial charge in [-0.25, -0.2) is 4.79 Å². The van der Waals surface area contributed by atoms with Crippen molar-refractivity contribution in [3.63, 3.8) is 0 Å². The van der Waals surface area contributed by atoms with Crippen molar-refractivity contribution in [2.24, 2.45) is 5.73 Å². The molecule has 1 aliphatic rings. The minimum atomic E-state index is -1.30. The van der Waals surface area contributed by atoms with Crippen LogP contribution >= 0.6 is 0 Å². The second-order valence-electron chi connectivity index (χ2n) is 10.3. The number of nitrogens with one attached hydrogen (secondary N) is 2. The molecule has 38 heavy (non-hydrogen) atoms. The summed E-state index contributed by atoms with van der Waals surface area (Å²) in [5, 5.41) is 5.39. The zero-order chi connectivity index (χ0) is 28.0. The molecule has 0 radical (unpaired) electrons. The highest BCUT2D eigenvalue weighted by Crippen LogP contribution is 2.37. The number of nitrogens with zero attached hydrogens (tertiary/aromatic N) is 1. The summed E-state index contributed by atoms with van der Waals surface area (Å²) < 4.78 is 10.5. The number of anilines is 1. The number of hydrogen-bond donors (Lipinski definition) is 3. The monoisotopic (exact) mass is 524 g/mol. The van der Waals surface area contributed by atoms with E-state index in [0.29, 0.717) is 29.8 Å². The van der Waals surface area contributed by atoms with Crippen LogP contribution in [0.2, 0.25) is 0 Å². The fourth-order valence-corrected chi connectivity index (χ4v) is 4.10. The van der Waals surface area contributed by atoms with Crippen molar-refractivity contribution in [3.8, 4) is 5.75 Å². The van der Waals surface area contributed by atoms with Crippen LogP contribution in [0.3, 0.4) is 0 Å². The maximum absolute atomic E-state index is 14.0. The molecule has 2 aromatic rings. The molecular formula is C28H36N4O6. The predicted octanol–water partition coefficient (Wildman–Crippen LogP) is 3.44. The fourth-order valence-electron chi connectivity index (χ4n) is 4.10. The molecule has 10 nitrogen and oxygen atoms in total. The Labute approximate surface area is 222 Å². The number of primary amides is 1. The van der Waals surface area contributed by atoms with Gasteiger partial charge in [0.15, 0.2) is 0 Å². The van der Waals surface area contributed by atoms with E-state index in [0.717, 1.165) is 5.56 Å². The second-order valence-corrected chi connectivity index (χ2v) is 10.3. The second kappa shape index (κ2) is 12.0. The van der Waals surface area contributed by atoms with Crippen molar-refractivity contribution in [2.45, 2.75) is 70.7 Å². The van der Waals surface area contributed by atoms with E-state index in [1.165, 1.54) is 4.90 Å². The van der Waals surface area contributed by atoms with Gasteiger partial charge in [-0.1, -0.05) is 24.3 Å². The van der Waals surface area contributed by atoms with Crippen molar-refractivity contribution < 1.29 is 28.7 Å². The molecular weight excluding hydrogens is 488 g/mol. The molecule has 4 N–H and O–H groups in total. The molecule has 0 spiro atoms. The molecule has 0 heterocycles. The number of hydrogen-bond acceptors (Lipinski definition) is 6. The van der Waals surface area contributed by atoms with E-state index < -0.39 is 47.9 Å². The predicted molar refractivity (Wildman–Crippen MR) is 142 cm³/mol. The molecule has 1 saturated carbocycles. The molecule has 2 aromatic carbocycles. The molecule has 3 rings (SSSR count). The molecule has 0 aliphatic heterocycles. The first kappa shape index (κ1) is 28.5. The van der Waals surface area contributed by atoms with E-state index in [4.69, 9.17) is 15.2 Å². The Kier molecular flexibility index (Phi) is 8.98. The van der Waals surface area contributed by atoms with Crippen LogP contribution < -0.4 is 21.1 Å². The zero-order valence-corrected chi connectivity index (χ0v) is 22.4. The standard InChI is InChI=1S/C28H36N4O6/c1-17-8-6-7-9-21(17)24(25(34)30-18-10-14-20(37-5)15-11-18)32(19-12-13-19)26(35)22(16-23(29)33)31-27(36)38-28(2,3)4/h6-11,14-15,19,22,24H,12-13,16H2,1-5H3,(H2,29,33)(H,30,34)(H,31,36). The van der Waals surface area contributed by atoms with Crippen molar-refractivity contribution in [1.29, 1.82) is 0 Å². The van der Waals surface area contributed by atoms with Gasteiger partial charge in [0.25, 0.3) is 5.91 Å². The topological polar surface area (TPSA) is 140 Å². The van der Waals surface area contributed by atoms with Gasteiger partial charge < -0.3 is 30.7 Å². The maximum Gasteiger partial charge on any atom is 0.408 e. The van der Waals surface area contributed by atoms with E-state index in [2.05, 4.69) is 10.6 Å². The molecule has 2 unspecified atom stereocenters. The third kappa shape index (κ3) is 7.71. The summed E-state index contributed by atoms with van der Waals surface area (Å²) in [7, 11) is 1.55. The number of alkyl carbamates (subject to hydrolysis) is 1. The molecule has 0 aromatic heterocycles. The van der Waals surface area contributed by atoms with Gasteiger partial charge in [0.1, 0.15) is 23.4 Å². The lowest BCUT2D eigenvalue weighted by Crippen LogP contribution is -2.54. The number of amides is 4. The molecule has 1 aliphatic carbocycles. The average molecular weight is 525 g/mol. The highest BCUT2D eigenvalue weighted by atomic mass is 16.6. The number of rotatable bonds is 10. The molecule has 204 valence electrons. The first-order valence-electron chi connectivity index (χ1n) is 12.5. The van der Waals surface area contributed by atoms with Crippen molar-refractivity contribution in [1.82, 2.24) is 10.2 Å². The van der Waals surface area contributed by atoms with E-state index in [1.807, 2.05) is 19.1 Å². The Bertz CT molecular complexity index is 1170. The van der Waals surface area contributed by atoms with Crippen LogP contribution in [0.15, 0.2) is 48.5 Å². The number of carbonyl (C=O) groups is 4. The third-order valence-corrected chi connectivity index (χ3v) is 5.96. The lowest BCUT2D eigenvalue weighted by molar-refractivity contribution is -0.142. The van der Waals surface area contributed by atoms with Crippen LogP contribution in [0.5, 0.6) is 5.75 Å². The fraction of sp³-hybridized carbons (Fsp3) is 0.429. The highest BCUT2D eigenvalue weighted by molar-refractivity contribution is 6.00. The number of benzene rings is 2.